The number of hydrogen-bond acceptors (Lipinski definition) is 3. The molecule has 0 heterocycles. The van der Waals surface area contributed by atoms with Gasteiger partial charge in [-0.2, -0.15) is 0 Å². The zero-order valence-corrected chi connectivity index (χ0v) is 12.1. The SMILES string of the molecule is C/C=C/C(N)CC/C=C/CC(=O)COC(C)(C)C. The number of carbonyl (C=O) groups is 1. The van der Waals surface area contributed by atoms with Crippen molar-refractivity contribution in [3.63, 3.8) is 0 Å². The standard InChI is InChI=1S/C15H27NO2/c1-5-9-13(16)10-7-6-8-11-14(17)12-18-15(2,3)4/h5-6,8-9,13H,7,10-12,16H2,1-4H3/b8-6+,9-5+. The van der Waals surface area contributed by atoms with Crippen molar-refractivity contribution in [2.75, 3.05) is 6.61 Å². The van der Waals surface area contributed by atoms with Gasteiger partial charge >= 0.3 is 0 Å². The summed E-state index contributed by atoms with van der Waals surface area (Å²) in [6.07, 6.45) is 10.1. The molecule has 0 aromatic heterocycles. The molecule has 0 bridgehead atoms. The second-order valence-electron chi connectivity index (χ2n) is 5.38. The quantitative estimate of drug-likeness (QED) is 0.677. The number of rotatable bonds is 8. The van der Waals surface area contributed by atoms with Crippen LogP contribution in [-0.4, -0.2) is 24.0 Å². The molecule has 0 aliphatic carbocycles. The topological polar surface area (TPSA) is 52.3 Å². The maximum absolute atomic E-state index is 11.5. The first-order chi connectivity index (χ1) is 8.35. The average molecular weight is 253 g/mol. The molecule has 0 aromatic rings. The van der Waals surface area contributed by atoms with Crippen LogP contribution >= 0.6 is 0 Å². The Morgan fingerprint density at radius 1 is 1.33 bits per heavy atom. The van der Waals surface area contributed by atoms with E-state index in [9.17, 15) is 4.79 Å². The van der Waals surface area contributed by atoms with Gasteiger partial charge in [-0.05, 0) is 40.5 Å². The Labute approximate surface area is 111 Å². The molecule has 3 heteroatoms. The van der Waals surface area contributed by atoms with Gasteiger partial charge in [0.2, 0.25) is 0 Å². The van der Waals surface area contributed by atoms with Crippen molar-refractivity contribution in [1.29, 1.82) is 0 Å². The minimum Gasteiger partial charge on any atom is -0.368 e. The van der Waals surface area contributed by atoms with E-state index in [0.717, 1.165) is 12.8 Å². The summed E-state index contributed by atoms with van der Waals surface area (Å²) in [5.41, 5.74) is 5.56. The number of ether oxygens (including phenoxy) is 1. The molecule has 0 aromatic carbocycles. The molecule has 0 saturated carbocycles. The molecule has 0 aliphatic rings. The molecule has 1 atom stereocenters. The number of allylic oxidation sites excluding steroid dienone is 3. The maximum atomic E-state index is 11.5. The summed E-state index contributed by atoms with van der Waals surface area (Å²) < 4.78 is 5.41. The van der Waals surface area contributed by atoms with Crippen LogP contribution in [0.4, 0.5) is 0 Å². The molecule has 0 amide bonds. The molecule has 0 rings (SSSR count). The number of ketones is 1. The van der Waals surface area contributed by atoms with Gasteiger partial charge in [0.1, 0.15) is 6.61 Å². The van der Waals surface area contributed by atoms with Crippen LogP contribution in [0.3, 0.4) is 0 Å². The average Bonchev–Trinajstić information content (AvgIpc) is 2.25. The van der Waals surface area contributed by atoms with Crippen molar-refractivity contribution in [2.24, 2.45) is 5.73 Å². The number of nitrogens with two attached hydrogens (primary N) is 1. The maximum Gasteiger partial charge on any atom is 0.162 e. The molecule has 104 valence electrons. The summed E-state index contributed by atoms with van der Waals surface area (Å²) in [6.45, 7) is 7.98. The lowest BCUT2D eigenvalue weighted by molar-refractivity contribution is -0.127. The highest BCUT2D eigenvalue weighted by atomic mass is 16.5. The van der Waals surface area contributed by atoms with Gasteiger partial charge in [0.15, 0.2) is 5.78 Å². The normalized spacial score (nSPS) is 14.5. The molecule has 0 aliphatic heterocycles. The third-order valence-electron chi connectivity index (χ3n) is 2.28. The fraction of sp³-hybridized carbons (Fsp3) is 0.667. The van der Waals surface area contributed by atoms with Gasteiger partial charge in [0, 0.05) is 12.5 Å². The first-order valence-electron chi connectivity index (χ1n) is 6.54. The first kappa shape index (κ1) is 17.1. The Kier molecular flexibility index (Phi) is 8.59. The van der Waals surface area contributed by atoms with E-state index in [2.05, 4.69) is 0 Å². The summed E-state index contributed by atoms with van der Waals surface area (Å²) in [7, 11) is 0. The summed E-state index contributed by atoms with van der Waals surface area (Å²) >= 11 is 0. The predicted molar refractivity (Wildman–Crippen MR) is 76.5 cm³/mol. The van der Waals surface area contributed by atoms with E-state index in [-0.39, 0.29) is 24.0 Å². The van der Waals surface area contributed by atoms with E-state index in [1.165, 1.54) is 0 Å². The lowest BCUT2D eigenvalue weighted by Gasteiger charge is -2.18. The van der Waals surface area contributed by atoms with E-state index in [1.807, 2.05) is 52.0 Å². The number of hydrogen-bond donors (Lipinski definition) is 1. The smallest absolute Gasteiger partial charge is 0.162 e. The largest absolute Gasteiger partial charge is 0.368 e. The highest BCUT2D eigenvalue weighted by Gasteiger charge is 2.11. The molecule has 0 fully saturated rings. The Morgan fingerprint density at radius 2 is 2.00 bits per heavy atom. The number of carbonyl (C=O) groups excluding carboxylic acids is 1. The Bertz CT molecular complexity index is 287. The van der Waals surface area contributed by atoms with Gasteiger partial charge < -0.3 is 10.5 Å². The zero-order valence-electron chi connectivity index (χ0n) is 12.1. The van der Waals surface area contributed by atoms with Crippen molar-refractivity contribution < 1.29 is 9.53 Å². The van der Waals surface area contributed by atoms with Crippen LogP contribution in [0.15, 0.2) is 24.3 Å². The zero-order chi connectivity index (χ0) is 14.0. The van der Waals surface area contributed by atoms with Gasteiger partial charge in [0.05, 0.1) is 5.60 Å². The van der Waals surface area contributed by atoms with Crippen molar-refractivity contribution in [2.45, 2.75) is 58.6 Å². The molecule has 18 heavy (non-hydrogen) atoms. The van der Waals surface area contributed by atoms with Crippen molar-refractivity contribution in [1.82, 2.24) is 0 Å². The molecule has 0 spiro atoms. The van der Waals surface area contributed by atoms with Crippen molar-refractivity contribution >= 4 is 5.78 Å². The van der Waals surface area contributed by atoms with E-state index >= 15 is 0 Å². The second kappa shape index (κ2) is 9.06. The van der Waals surface area contributed by atoms with Gasteiger partial charge in [-0.25, -0.2) is 0 Å². The Balaban J connectivity index is 3.66. The third kappa shape index (κ3) is 11.6. The van der Waals surface area contributed by atoms with E-state index in [0.29, 0.717) is 6.42 Å². The minimum absolute atomic E-state index is 0.110. The predicted octanol–water partition coefficient (Wildman–Crippen LogP) is 3.00. The molecule has 2 N–H and O–H groups in total. The summed E-state index contributed by atoms with van der Waals surface area (Å²) in [4.78, 5) is 11.5. The fourth-order valence-electron chi connectivity index (χ4n) is 1.32. The van der Waals surface area contributed by atoms with Crippen molar-refractivity contribution in [3.8, 4) is 0 Å². The monoisotopic (exact) mass is 253 g/mol. The van der Waals surface area contributed by atoms with E-state index < -0.39 is 0 Å². The molecular formula is C15H27NO2. The highest BCUT2D eigenvalue weighted by Crippen LogP contribution is 2.06. The minimum atomic E-state index is -0.251. The lowest BCUT2D eigenvalue weighted by atomic mass is 10.1. The Hall–Kier alpha value is -0.930. The molecule has 0 saturated heterocycles. The summed E-state index contributed by atoms with van der Waals surface area (Å²) in [5, 5.41) is 0. The summed E-state index contributed by atoms with van der Waals surface area (Å²) in [6, 6.07) is 0.111. The van der Waals surface area contributed by atoms with Crippen LogP contribution < -0.4 is 5.73 Å². The van der Waals surface area contributed by atoms with Crippen LogP contribution in [0, 0.1) is 0 Å². The first-order valence-corrected chi connectivity index (χ1v) is 6.54. The van der Waals surface area contributed by atoms with Gasteiger partial charge in [-0.1, -0.05) is 24.3 Å². The van der Waals surface area contributed by atoms with Gasteiger partial charge in [-0.15, -0.1) is 0 Å². The molecule has 3 nitrogen and oxygen atoms in total. The van der Waals surface area contributed by atoms with Crippen LogP contribution in [-0.2, 0) is 9.53 Å². The molecule has 0 radical (unpaired) electrons. The van der Waals surface area contributed by atoms with Gasteiger partial charge in [-0.3, -0.25) is 4.79 Å². The van der Waals surface area contributed by atoms with Crippen LogP contribution in [0.5, 0.6) is 0 Å². The third-order valence-corrected chi connectivity index (χ3v) is 2.28. The molecular weight excluding hydrogens is 226 g/mol. The van der Waals surface area contributed by atoms with Crippen LogP contribution in [0.25, 0.3) is 0 Å². The fourth-order valence-corrected chi connectivity index (χ4v) is 1.32. The molecule has 1 unspecified atom stereocenters. The Morgan fingerprint density at radius 3 is 2.56 bits per heavy atom. The van der Waals surface area contributed by atoms with Gasteiger partial charge in [0.25, 0.3) is 0 Å². The van der Waals surface area contributed by atoms with E-state index in [1.54, 1.807) is 0 Å². The second-order valence-corrected chi connectivity index (χ2v) is 5.38. The highest BCUT2D eigenvalue weighted by molar-refractivity contribution is 5.81. The van der Waals surface area contributed by atoms with Crippen LogP contribution in [0.2, 0.25) is 0 Å². The van der Waals surface area contributed by atoms with Crippen LogP contribution in [0.1, 0.15) is 47.0 Å². The lowest BCUT2D eigenvalue weighted by Crippen LogP contribution is -2.23. The van der Waals surface area contributed by atoms with E-state index in [4.69, 9.17) is 10.5 Å². The summed E-state index contributed by atoms with van der Waals surface area (Å²) in [5.74, 6) is 0.110. The van der Waals surface area contributed by atoms with Crippen molar-refractivity contribution in [3.05, 3.63) is 24.3 Å². The number of Topliss-reactive ketones (excluding diaryl/α,β-unsaturated/α-hetero) is 1.